The highest BCUT2D eigenvalue weighted by atomic mass is 16.4. The highest BCUT2D eigenvalue weighted by Crippen LogP contribution is 2.31. The molecule has 43 heavy (non-hydrogen) atoms. The minimum Gasteiger partial charge on any atom is -0.478 e. The van der Waals surface area contributed by atoms with Crippen molar-refractivity contribution in [3.63, 3.8) is 0 Å². The molecule has 4 aromatic carbocycles. The number of aromatic nitrogens is 1. The van der Waals surface area contributed by atoms with Crippen LogP contribution in [0, 0.1) is 0 Å². The molecule has 1 fully saturated rings. The molecule has 7 nitrogen and oxygen atoms in total. The molecule has 2 heterocycles. The number of hydrogen-bond acceptors (Lipinski definition) is 6. The first-order valence-corrected chi connectivity index (χ1v) is 14.7. The van der Waals surface area contributed by atoms with Crippen molar-refractivity contribution >= 4 is 39.4 Å². The number of benzene rings is 4. The normalized spacial score (nSPS) is 15.5. The van der Waals surface area contributed by atoms with Gasteiger partial charge in [0.2, 0.25) is 0 Å². The number of carboxylic acid groups (broad SMARTS) is 1. The fourth-order valence-electron chi connectivity index (χ4n) is 5.70. The van der Waals surface area contributed by atoms with Crippen molar-refractivity contribution in [2.45, 2.75) is 12.6 Å². The molecule has 1 atom stereocenters. The Balaban J connectivity index is 1.26. The van der Waals surface area contributed by atoms with E-state index in [-0.39, 0.29) is 5.56 Å². The standard InChI is InChI=1S/C36H36N4O3/c1-39-15-17-40(18-16-39)24-26-11-14-34-29(20-26)21-31(23-38-34)37-22-30(19-25-9-12-28(13-10-25)36(42)43)35(41)33-8-4-6-27-5-2-3-7-32(27)33/h2-14,19-21,23,35,37,41H,15-18,22,24H2,1H3,(H,42,43). The largest absolute Gasteiger partial charge is 0.478 e. The summed E-state index contributed by atoms with van der Waals surface area (Å²) in [6, 6.07) is 29.2. The van der Waals surface area contributed by atoms with Gasteiger partial charge >= 0.3 is 5.97 Å². The van der Waals surface area contributed by atoms with Crippen LogP contribution in [0.2, 0.25) is 0 Å². The minimum atomic E-state index is -0.969. The van der Waals surface area contributed by atoms with E-state index in [1.165, 1.54) is 5.56 Å². The van der Waals surface area contributed by atoms with Crippen LogP contribution < -0.4 is 5.32 Å². The highest BCUT2D eigenvalue weighted by molar-refractivity contribution is 5.88. The molecule has 218 valence electrons. The number of nitrogens with zero attached hydrogens (tertiary/aromatic N) is 3. The number of fused-ring (bicyclic) bond motifs is 2. The van der Waals surface area contributed by atoms with Crippen molar-refractivity contribution in [3.8, 4) is 0 Å². The molecule has 5 aromatic rings. The van der Waals surface area contributed by atoms with Crippen LogP contribution >= 0.6 is 0 Å². The van der Waals surface area contributed by atoms with E-state index in [2.05, 4.69) is 46.4 Å². The molecule has 0 saturated carbocycles. The predicted molar refractivity (Wildman–Crippen MR) is 173 cm³/mol. The third kappa shape index (κ3) is 6.75. The van der Waals surface area contributed by atoms with Gasteiger partial charge in [-0.3, -0.25) is 9.88 Å². The average molecular weight is 573 g/mol. The molecule has 0 radical (unpaired) electrons. The number of carbonyl (C=O) groups is 1. The molecule has 0 aliphatic carbocycles. The molecule has 0 bridgehead atoms. The van der Waals surface area contributed by atoms with Gasteiger partial charge in [0.05, 0.1) is 23.0 Å². The van der Waals surface area contributed by atoms with Crippen molar-refractivity contribution in [1.29, 1.82) is 0 Å². The van der Waals surface area contributed by atoms with Crippen LogP contribution in [0.4, 0.5) is 5.69 Å². The van der Waals surface area contributed by atoms with E-state index < -0.39 is 12.1 Å². The second-order valence-corrected chi connectivity index (χ2v) is 11.3. The number of hydrogen-bond donors (Lipinski definition) is 3. The maximum absolute atomic E-state index is 11.7. The van der Waals surface area contributed by atoms with Gasteiger partial charge in [-0.1, -0.05) is 66.7 Å². The fourth-order valence-corrected chi connectivity index (χ4v) is 5.70. The molecule has 7 heteroatoms. The van der Waals surface area contributed by atoms with Crippen LogP contribution in [-0.2, 0) is 6.54 Å². The zero-order chi connectivity index (χ0) is 29.8. The van der Waals surface area contributed by atoms with Crippen LogP contribution in [0.5, 0.6) is 0 Å². The van der Waals surface area contributed by atoms with Crippen LogP contribution in [0.3, 0.4) is 0 Å². The summed E-state index contributed by atoms with van der Waals surface area (Å²) in [5.74, 6) is -0.969. The van der Waals surface area contributed by atoms with Gasteiger partial charge in [-0.2, -0.15) is 0 Å². The number of pyridine rings is 1. The summed E-state index contributed by atoms with van der Waals surface area (Å²) >= 11 is 0. The maximum Gasteiger partial charge on any atom is 0.335 e. The van der Waals surface area contributed by atoms with Gasteiger partial charge in [-0.15, -0.1) is 0 Å². The van der Waals surface area contributed by atoms with Crippen LogP contribution in [0.1, 0.15) is 33.2 Å². The number of aliphatic hydroxyl groups excluding tert-OH is 1. The lowest BCUT2D eigenvalue weighted by Crippen LogP contribution is -2.43. The number of nitrogens with one attached hydrogen (secondary N) is 1. The second-order valence-electron chi connectivity index (χ2n) is 11.3. The minimum absolute atomic E-state index is 0.223. The van der Waals surface area contributed by atoms with E-state index in [1.807, 2.05) is 54.7 Å². The lowest BCUT2D eigenvalue weighted by atomic mass is 9.94. The Morgan fingerprint density at radius 1 is 0.930 bits per heavy atom. The van der Waals surface area contributed by atoms with E-state index in [1.54, 1.807) is 24.3 Å². The van der Waals surface area contributed by atoms with Gasteiger partial charge in [-0.05, 0) is 70.4 Å². The smallest absolute Gasteiger partial charge is 0.335 e. The molecule has 1 aliphatic heterocycles. The van der Waals surface area contributed by atoms with Crippen molar-refractivity contribution in [2.24, 2.45) is 0 Å². The summed E-state index contributed by atoms with van der Waals surface area (Å²) in [5, 5.41) is 27.6. The Kier molecular flexibility index (Phi) is 8.47. The molecule has 0 amide bonds. The summed E-state index contributed by atoms with van der Waals surface area (Å²) in [6.07, 6.45) is 2.88. The zero-order valence-electron chi connectivity index (χ0n) is 24.3. The second kappa shape index (κ2) is 12.8. The molecular weight excluding hydrogens is 536 g/mol. The average Bonchev–Trinajstić information content (AvgIpc) is 3.03. The molecule has 1 aromatic heterocycles. The van der Waals surface area contributed by atoms with Gasteiger partial charge in [0.1, 0.15) is 6.10 Å². The van der Waals surface area contributed by atoms with E-state index in [4.69, 9.17) is 4.98 Å². The number of rotatable bonds is 9. The Bertz CT molecular complexity index is 1770. The molecule has 1 aliphatic rings. The molecule has 6 rings (SSSR count). The third-order valence-electron chi connectivity index (χ3n) is 8.22. The van der Waals surface area contributed by atoms with Crippen molar-refractivity contribution in [3.05, 3.63) is 125 Å². The Labute approximate surface area is 251 Å². The van der Waals surface area contributed by atoms with E-state index in [0.717, 1.165) is 76.8 Å². The molecule has 1 unspecified atom stereocenters. The van der Waals surface area contributed by atoms with E-state index >= 15 is 0 Å². The lowest BCUT2D eigenvalue weighted by Gasteiger charge is -2.32. The predicted octanol–water partition coefficient (Wildman–Crippen LogP) is 6.06. The van der Waals surface area contributed by atoms with Crippen LogP contribution in [-0.4, -0.2) is 70.7 Å². The Morgan fingerprint density at radius 2 is 1.70 bits per heavy atom. The molecular formula is C36H36N4O3. The van der Waals surface area contributed by atoms with Crippen molar-refractivity contribution in [2.75, 3.05) is 45.1 Å². The van der Waals surface area contributed by atoms with Gasteiger partial charge < -0.3 is 20.4 Å². The Morgan fingerprint density at radius 3 is 2.49 bits per heavy atom. The topological polar surface area (TPSA) is 88.9 Å². The molecule has 3 N–H and O–H groups in total. The van der Waals surface area contributed by atoms with Gasteiger partial charge in [-0.25, -0.2) is 4.79 Å². The first kappa shape index (κ1) is 28.6. The van der Waals surface area contributed by atoms with Gasteiger partial charge in [0.15, 0.2) is 0 Å². The first-order valence-electron chi connectivity index (χ1n) is 14.7. The summed E-state index contributed by atoms with van der Waals surface area (Å²) in [4.78, 5) is 20.9. The number of aliphatic hydroxyl groups is 1. The zero-order valence-corrected chi connectivity index (χ0v) is 24.3. The summed E-state index contributed by atoms with van der Waals surface area (Å²) in [5.41, 5.74) is 5.68. The summed E-state index contributed by atoms with van der Waals surface area (Å²) in [6.45, 7) is 5.62. The number of aromatic carboxylic acids is 1. The van der Waals surface area contributed by atoms with Gasteiger partial charge in [0.25, 0.3) is 0 Å². The quantitative estimate of drug-likeness (QED) is 0.198. The third-order valence-corrected chi connectivity index (χ3v) is 8.22. The number of anilines is 1. The lowest BCUT2D eigenvalue weighted by molar-refractivity contribution is 0.0697. The highest BCUT2D eigenvalue weighted by Gasteiger charge is 2.17. The van der Waals surface area contributed by atoms with Crippen LogP contribution in [0.15, 0.2) is 103 Å². The van der Waals surface area contributed by atoms with E-state index in [0.29, 0.717) is 6.54 Å². The summed E-state index contributed by atoms with van der Waals surface area (Å²) in [7, 11) is 2.17. The fraction of sp³-hybridized carbons (Fsp3) is 0.222. The van der Waals surface area contributed by atoms with Crippen LogP contribution in [0.25, 0.3) is 27.8 Å². The van der Waals surface area contributed by atoms with Crippen molar-refractivity contribution in [1.82, 2.24) is 14.8 Å². The first-order chi connectivity index (χ1) is 20.9. The number of carboxylic acids is 1. The number of likely N-dealkylation sites (N-methyl/N-ethyl adjacent to an activating group) is 1. The van der Waals surface area contributed by atoms with Gasteiger partial charge in [0, 0.05) is 44.7 Å². The van der Waals surface area contributed by atoms with E-state index in [9.17, 15) is 15.0 Å². The molecule has 1 saturated heterocycles. The van der Waals surface area contributed by atoms with Crippen molar-refractivity contribution < 1.29 is 15.0 Å². The monoisotopic (exact) mass is 572 g/mol. The maximum atomic E-state index is 11.7. The number of piperazine rings is 1. The SMILES string of the molecule is CN1CCN(Cc2ccc3ncc(NCC(=Cc4ccc(C(=O)O)cc4)C(O)c4cccc5ccccc45)cc3c2)CC1. The Hall–Kier alpha value is -4.56. The molecule has 0 spiro atoms. The summed E-state index contributed by atoms with van der Waals surface area (Å²) < 4.78 is 0.